The molecule has 29 heavy (non-hydrogen) atoms. The molecule has 0 aromatic heterocycles. The van der Waals surface area contributed by atoms with Crippen molar-refractivity contribution in [3.05, 3.63) is 71.8 Å². The van der Waals surface area contributed by atoms with E-state index in [9.17, 15) is 9.59 Å². The maximum atomic E-state index is 12.6. The average molecular weight is 394 g/mol. The second-order valence-corrected chi connectivity index (χ2v) is 7.07. The van der Waals surface area contributed by atoms with Crippen LogP contribution >= 0.6 is 0 Å². The van der Waals surface area contributed by atoms with Gasteiger partial charge in [0.05, 0.1) is 0 Å². The quantitative estimate of drug-likeness (QED) is 0.317. The van der Waals surface area contributed by atoms with Crippen molar-refractivity contribution >= 4 is 18.0 Å². The molecule has 0 saturated carbocycles. The van der Waals surface area contributed by atoms with Gasteiger partial charge >= 0.3 is 0 Å². The predicted octanol–water partition coefficient (Wildman–Crippen LogP) is 4.49. The Labute approximate surface area is 173 Å². The highest BCUT2D eigenvalue weighted by Gasteiger charge is 2.21. The number of unbranched alkanes of at least 4 members (excludes halogenated alkanes) is 5. The minimum atomic E-state index is -0.702. The molecule has 5 nitrogen and oxygen atoms in total. The van der Waals surface area contributed by atoms with Gasteiger partial charge < -0.3 is 5.32 Å². The van der Waals surface area contributed by atoms with Gasteiger partial charge in [-0.3, -0.25) is 9.59 Å². The van der Waals surface area contributed by atoms with E-state index >= 15 is 0 Å². The Morgan fingerprint density at radius 2 is 1.59 bits per heavy atom. The van der Waals surface area contributed by atoms with Crippen LogP contribution in [0.25, 0.3) is 0 Å². The molecule has 0 aliphatic carbocycles. The molecule has 154 valence electrons. The van der Waals surface area contributed by atoms with Crippen molar-refractivity contribution < 1.29 is 9.59 Å². The zero-order valence-electron chi connectivity index (χ0n) is 17.1. The van der Waals surface area contributed by atoms with Crippen molar-refractivity contribution in [2.45, 2.75) is 57.9 Å². The molecule has 2 rings (SSSR count). The fraction of sp³-hybridized carbons (Fsp3) is 0.375. The van der Waals surface area contributed by atoms with E-state index in [0.29, 0.717) is 12.0 Å². The second kappa shape index (κ2) is 13.3. The molecule has 0 radical (unpaired) electrons. The van der Waals surface area contributed by atoms with Gasteiger partial charge in [-0.1, -0.05) is 81.1 Å². The number of carbonyl (C=O) groups excluding carboxylic acids is 2. The molecule has 2 aromatic rings. The largest absolute Gasteiger partial charge is 0.340 e. The highest BCUT2D eigenvalue weighted by Crippen LogP contribution is 2.06. The molecule has 0 aliphatic heterocycles. The second-order valence-electron chi connectivity index (χ2n) is 7.07. The highest BCUT2D eigenvalue weighted by atomic mass is 16.2. The molecule has 0 spiro atoms. The van der Waals surface area contributed by atoms with Crippen LogP contribution in [0.5, 0.6) is 0 Å². The molecule has 1 unspecified atom stereocenters. The molecule has 0 fully saturated rings. The summed E-state index contributed by atoms with van der Waals surface area (Å²) in [6.45, 7) is 2.19. The molecule has 2 aromatic carbocycles. The summed E-state index contributed by atoms with van der Waals surface area (Å²) >= 11 is 0. The van der Waals surface area contributed by atoms with E-state index < -0.39 is 6.04 Å². The van der Waals surface area contributed by atoms with Gasteiger partial charge in [0.2, 0.25) is 0 Å². The first-order valence-corrected chi connectivity index (χ1v) is 10.4. The summed E-state index contributed by atoms with van der Waals surface area (Å²) in [6.07, 6.45) is 8.94. The third-order valence-corrected chi connectivity index (χ3v) is 4.64. The summed E-state index contributed by atoms with van der Waals surface area (Å²) in [5, 5.41) is 6.89. The first-order chi connectivity index (χ1) is 14.2. The summed E-state index contributed by atoms with van der Waals surface area (Å²) in [5.41, 5.74) is 4.07. The number of hydrazone groups is 1. The van der Waals surface area contributed by atoms with Gasteiger partial charge in [0.15, 0.2) is 0 Å². The number of hydrogen-bond donors (Lipinski definition) is 2. The zero-order valence-corrected chi connectivity index (χ0v) is 17.1. The monoisotopic (exact) mass is 393 g/mol. The van der Waals surface area contributed by atoms with Crippen LogP contribution < -0.4 is 10.7 Å². The Morgan fingerprint density at radius 1 is 0.931 bits per heavy atom. The third kappa shape index (κ3) is 8.73. The van der Waals surface area contributed by atoms with E-state index in [4.69, 9.17) is 0 Å². The molecular weight excluding hydrogens is 362 g/mol. The predicted molar refractivity (Wildman–Crippen MR) is 118 cm³/mol. The van der Waals surface area contributed by atoms with Crippen molar-refractivity contribution in [2.24, 2.45) is 5.10 Å². The third-order valence-electron chi connectivity index (χ3n) is 4.64. The Kier molecular flexibility index (Phi) is 10.2. The van der Waals surface area contributed by atoms with Crippen LogP contribution in [0.3, 0.4) is 0 Å². The molecule has 5 heteroatoms. The normalized spacial score (nSPS) is 11.9. The summed E-state index contributed by atoms with van der Waals surface area (Å²) in [6, 6.07) is 17.8. The standard InChI is InChI=1S/C24H31N3O2/c1-2-3-4-5-6-13-18-25-27-24(29)22(19-20-14-9-7-10-15-20)26-23(28)21-16-11-8-12-17-21/h7-12,14-18,22H,2-6,13,19H2,1H3,(H,26,28)(H,27,29)/b25-18+. The lowest BCUT2D eigenvalue weighted by atomic mass is 10.0. The molecule has 2 amide bonds. The first kappa shape index (κ1) is 22.3. The fourth-order valence-corrected chi connectivity index (χ4v) is 2.98. The number of nitrogens with zero attached hydrogens (tertiary/aromatic N) is 1. The zero-order chi connectivity index (χ0) is 20.7. The van der Waals surface area contributed by atoms with E-state index in [1.807, 2.05) is 36.4 Å². The van der Waals surface area contributed by atoms with Crippen LogP contribution in [-0.2, 0) is 11.2 Å². The van der Waals surface area contributed by atoms with E-state index in [1.54, 1.807) is 30.5 Å². The van der Waals surface area contributed by atoms with Crippen LogP contribution in [0.1, 0.15) is 61.4 Å². The van der Waals surface area contributed by atoms with E-state index in [1.165, 1.54) is 25.7 Å². The van der Waals surface area contributed by atoms with Gasteiger partial charge in [-0.2, -0.15) is 5.10 Å². The van der Waals surface area contributed by atoms with Crippen LogP contribution in [-0.4, -0.2) is 24.1 Å². The topological polar surface area (TPSA) is 70.6 Å². The Balaban J connectivity index is 1.91. The van der Waals surface area contributed by atoms with Crippen LogP contribution in [0, 0.1) is 0 Å². The van der Waals surface area contributed by atoms with Crippen molar-refractivity contribution in [3.8, 4) is 0 Å². The maximum absolute atomic E-state index is 12.6. The molecule has 1 atom stereocenters. The van der Waals surface area contributed by atoms with Gasteiger partial charge in [-0.25, -0.2) is 5.43 Å². The minimum absolute atomic E-state index is 0.276. The van der Waals surface area contributed by atoms with Gasteiger partial charge in [0.1, 0.15) is 6.04 Å². The molecule has 0 bridgehead atoms. The molecule has 2 N–H and O–H groups in total. The SMILES string of the molecule is CCCCCCC/C=N/NC(=O)C(Cc1ccccc1)NC(=O)c1ccccc1. The summed E-state index contributed by atoms with van der Waals surface area (Å²) < 4.78 is 0. The van der Waals surface area contributed by atoms with Gasteiger partial charge in [-0.15, -0.1) is 0 Å². The van der Waals surface area contributed by atoms with Crippen molar-refractivity contribution in [2.75, 3.05) is 0 Å². The van der Waals surface area contributed by atoms with E-state index in [2.05, 4.69) is 22.8 Å². The summed E-state index contributed by atoms with van der Waals surface area (Å²) in [5.74, 6) is -0.595. The van der Waals surface area contributed by atoms with Gasteiger partial charge in [0.25, 0.3) is 11.8 Å². The Morgan fingerprint density at radius 3 is 2.28 bits per heavy atom. The van der Waals surface area contributed by atoms with E-state index in [0.717, 1.165) is 18.4 Å². The van der Waals surface area contributed by atoms with Crippen molar-refractivity contribution in [1.29, 1.82) is 0 Å². The van der Waals surface area contributed by atoms with Gasteiger partial charge in [-0.05, 0) is 30.5 Å². The Hall–Kier alpha value is -2.95. The van der Waals surface area contributed by atoms with Crippen molar-refractivity contribution in [1.82, 2.24) is 10.7 Å². The van der Waals surface area contributed by atoms with Gasteiger partial charge in [0, 0.05) is 18.2 Å². The number of rotatable bonds is 12. The summed E-state index contributed by atoms with van der Waals surface area (Å²) in [4.78, 5) is 25.2. The Bertz CT molecular complexity index is 760. The molecule has 0 aliphatic rings. The molecule has 0 heterocycles. The lowest BCUT2D eigenvalue weighted by molar-refractivity contribution is -0.122. The first-order valence-electron chi connectivity index (χ1n) is 10.4. The van der Waals surface area contributed by atoms with Crippen LogP contribution in [0.4, 0.5) is 0 Å². The lowest BCUT2D eigenvalue weighted by Crippen LogP contribution is -2.46. The fourth-order valence-electron chi connectivity index (χ4n) is 2.98. The smallest absolute Gasteiger partial charge is 0.262 e. The number of hydrogen-bond acceptors (Lipinski definition) is 3. The lowest BCUT2D eigenvalue weighted by Gasteiger charge is -2.17. The number of benzene rings is 2. The number of carbonyl (C=O) groups is 2. The molecular formula is C24H31N3O2. The average Bonchev–Trinajstić information content (AvgIpc) is 2.76. The van der Waals surface area contributed by atoms with E-state index in [-0.39, 0.29) is 11.8 Å². The number of nitrogens with one attached hydrogen (secondary N) is 2. The minimum Gasteiger partial charge on any atom is -0.340 e. The molecule has 0 saturated heterocycles. The highest BCUT2D eigenvalue weighted by molar-refractivity contribution is 5.97. The maximum Gasteiger partial charge on any atom is 0.262 e. The van der Waals surface area contributed by atoms with Crippen molar-refractivity contribution in [3.63, 3.8) is 0 Å². The van der Waals surface area contributed by atoms with Crippen LogP contribution in [0.15, 0.2) is 65.8 Å². The number of amides is 2. The van der Waals surface area contributed by atoms with Crippen LogP contribution in [0.2, 0.25) is 0 Å². The summed E-state index contributed by atoms with van der Waals surface area (Å²) in [7, 11) is 0.